The number of terminal acetylenes is 1. The lowest BCUT2D eigenvalue weighted by Crippen LogP contribution is -2.03. The summed E-state index contributed by atoms with van der Waals surface area (Å²) in [5.74, 6) is 3.00. The minimum absolute atomic E-state index is 0.0246. The Balaban J connectivity index is 2.72. The highest BCUT2D eigenvalue weighted by molar-refractivity contribution is 5.94. The van der Waals surface area contributed by atoms with Gasteiger partial charge in [-0.15, -0.1) is 12.3 Å². The Bertz CT molecular complexity index is 352. The van der Waals surface area contributed by atoms with Crippen LogP contribution in [0.1, 0.15) is 29.2 Å². The van der Waals surface area contributed by atoms with Crippen molar-refractivity contribution in [2.75, 3.05) is 0 Å². The van der Waals surface area contributed by atoms with Gasteiger partial charge in [-0.05, 0) is 13.0 Å². The van der Waals surface area contributed by atoms with E-state index in [4.69, 9.17) is 6.42 Å². The Morgan fingerprint density at radius 2 is 2.46 bits per heavy atom. The molecule has 0 aliphatic heterocycles. The molecule has 0 fully saturated rings. The van der Waals surface area contributed by atoms with Gasteiger partial charge in [-0.1, -0.05) is 0 Å². The van der Waals surface area contributed by atoms with Gasteiger partial charge in [0.2, 0.25) is 0 Å². The molecule has 1 aromatic rings. The molecule has 0 atom stereocenters. The second-order valence-electron chi connectivity index (χ2n) is 2.62. The minimum Gasteiger partial charge on any atom is -0.292 e. The maximum absolute atomic E-state index is 11.4. The van der Waals surface area contributed by atoms with Crippen molar-refractivity contribution in [2.24, 2.45) is 0 Å². The Morgan fingerprint density at radius 3 is 3.08 bits per heavy atom. The predicted molar refractivity (Wildman–Crippen MR) is 49.2 cm³/mol. The standard InChI is InChI=1S/C10H10N2O/c1-3-4-5-10(13)9-6-7-11-8(2)12-9/h1,6-7H,4-5H2,2H3. The number of carbonyl (C=O) groups excluding carboxylic acids is 1. The van der Waals surface area contributed by atoms with Gasteiger partial charge in [0.1, 0.15) is 11.5 Å². The predicted octanol–water partition coefficient (Wildman–Crippen LogP) is 1.38. The number of aryl methyl sites for hydroxylation is 1. The smallest absolute Gasteiger partial charge is 0.182 e. The average Bonchev–Trinajstić information content (AvgIpc) is 2.14. The second kappa shape index (κ2) is 4.36. The minimum atomic E-state index is -0.0246. The molecule has 3 heteroatoms. The molecule has 3 nitrogen and oxygen atoms in total. The monoisotopic (exact) mass is 174 g/mol. The molecule has 0 aliphatic rings. The summed E-state index contributed by atoms with van der Waals surface area (Å²) in [6.07, 6.45) is 7.44. The maximum atomic E-state index is 11.4. The van der Waals surface area contributed by atoms with E-state index in [-0.39, 0.29) is 5.78 Å². The van der Waals surface area contributed by atoms with Crippen molar-refractivity contribution in [1.82, 2.24) is 9.97 Å². The van der Waals surface area contributed by atoms with Crippen LogP contribution in [0.2, 0.25) is 0 Å². The summed E-state index contributed by atoms with van der Waals surface area (Å²) in [5.41, 5.74) is 0.447. The molecule has 0 bridgehead atoms. The van der Waals surface area contributed by atoms with E-state index in [0.717, 1.165) is 0 Å². The highest BCUT2D eigenvalue weighted by atomic mass is 16.1. The number of nitrogens with zero attached hydrogens (tertiary/aromatic N) is 2. The molecule has 0 aromatic carbocycles. The van der Waals surface area contributed by atoms with Crippen LogP contribution in [0.15, 0.2) is 12.3 Å². The van der Waals surface area contributed by atoms with Gasteiger partial charge >= 0.3 is 0 Å². The highest BCUT2D eigenvalue weighted by Gasteiger charge is 2.05. The van der Waals surface area contributed by atoms with E-state index in [2.05, 4.69) is 15.9 Å². The van der Waals surface area contributed by atoms with Gasteiger partial charge in [-0.3, -0.25) is 4.79 Å². The molecule has 0 saturated carbocycles. The van der Waals surface area contributed by atoms with E-state index in [9.17, 15) is 4.79 Å². The number of aromatic nitrogens is 2. The van der Waals surface area contributed by atoms with Crippen LogP contribution >= 0.6 is 0 Å². The summed E-state index contributed by atoms with van der Waals surface area (Å²) in [6.45, 7) is 1.75. The molecule has 1 heterocycles. The molecule has 66 valence electrons. The lowest BCUT2D eigenvalue weighted by atomic mass is 10.2. The zero-order chi connectivity index (χ0) is 9.68. The lowest BCUT2D eigenvalue weighted by molar-refractivity contribution is 0.0979. The third-order valence-corrected chi connectivity index (χ3v) is 1.56. The van der Waals surface area contributed by atoms with Gasteiger partial charge in [0, 0.05) is 19.0 Å². The topological polar surface area (TPSA) is 42.9 Å². The first kappa shape index (κ1) is 9.40. The molecule has 0 amide bonds. The van der Waals surface area contributed by atoms with Crippen molar-refractivity contribution in [3.63, 3.8) is 0 Å². The summed E-state index contributed by atoms with van der Waals surface area (Å²) in [6, 6.07) is 1.60. The van der Waals surface area contributed by atoms with Crippen LogP contribution in [-0.2, 0) is 0 Å². The fourth-order valence-electron chi connectivity index (χ4n) is 0.925. The van der Waals surface area contributed by atoms with Crippen molar-refractivity contribution < 1.29 is 4.79 Å². The Morgan fingerprint density at radius 1 is 1.69 bits per heavy atom. The van der Waals surface area contributed by atoms with Crippen molar-refractivity contribution in [1.29, 1.82) is 0 Å². The molecule has 1 rings (SSSR count). The lowest BCUT2D eigenvalue weighted by Gasteiger charge is -1.97. The first-order valence-electron chi connectivity index (χ1n) is 4.00. The highest BCUT2D eigenvalue weighted by Crippen LogP contribution is 2.01. The van der Waals surface area contributed by atoms with Gasteiger partial charge < -0.3 is 0 Å². The molecule has 0 unspecified atom stereocenters. The fourth-order valence-corrected chi connectivity index (χ4v) is 0.925. The second-order valence-corrected chi connectivity index (χ2v) is 2.62. The molecule has 0 saturated heterocycles. The van der Waals surface area contributed by atoms with E-state index in [0.29, 0.717) is 24.4 Å². The van der Waals surface area contributed by atoms with Crippen molar-refractivity contribution >= 4 is 5.78 Å². The van der Waals surface area contributed by atoms with Crippen LogP contribution in [0.3, 0.4) is 0 Å². The largest absolute Gasteiger partial charge is 0.292 e. The normalized spacial score (nSPS) is 9.23. The number of rotatable bonds is 3. The van der Waals surface area contributed by atoms with Crippen LogP contribution in [0.25, 0.3) is 0 Å². The van der Waals surface area contributed by atoms with Crippen molar-refractivity contribution in [2.45, 2.75) is 19.8 Å². The summed E-state index contributed by atoms with van der Waals surface area (Å²) in [7, 11) is 0. The van der Waals surface area contributed by atoms with Gasteiger partial charge in [-0.2, -0.15) is 0 Å². The van der Waals surface area contributed by atoms with Crippen molar-refractivity contribution in [3.05, 3.63) is 23.8 Å². The first-order valence-corrected chi connectivity index (χ1v) is 4.00. The molecule has 0 aliphatic carbocycles. The third kappa shape index (κ3) is 2.68. The summed E-state index contributed by atoms with van der Waals surface area (Å²) >= 11 is 0. The van der Waals surface area contributed by atoms with Crippen molar-refractivity contribution in [3.8, 4) is 12.3 Å². The molecular formula is C10H10N2O. The zero-order valence-electron chi connectivity index (χ0n) is 7.45. The van der Waals surface area contributed by atoms with Crippen LogP contribution < -0.4 is 0 Å². The van der Waals surface area contributed by atoms with Crippen LogP contribution in [0, 0.1) is 19.3 Å². The Kier molecular flexibility index (Phi) is 3.15. The molecule has 13 heavy (non-hydrogen) atoms. The van der Waals surface area contributed by atoms with E-state index < -0.39 is 0 Å². The quantitative estimate of drug-likeness (QED) is 0.513. The summed E-state index contributed by atoms with van der Waals surface area (Å²) < 4.78 is 0. The van der Waals surface area contributed by atoms with E-state index in [1.54, 1.807) is 19.2 Å². The van der Waals surface area contributed by atoms with Gasteiger partial charge in [-0.25, -0.2) is 9.97 Å². The molecule has 0 N–H and O–H groups in total. The Hall–Kier alpha value is -1.69. The van der Waals surface area contributed by atoms with Gasteiger partial charge in [0.15, 0.2) is 5.78 Å². The van der Waals surface area contributed by atoms with E-state index >= 15 is 0 Å². The molecular weight excluding hydrogens is 164 g/mol. The maximum Gasteiger partial charge on any atom is 0.182 e. The number of ketones is 1. The number of Topliss-reactive ketones (excluding diaryl/α,β-unsaturated/α-hetero) is 1. The summed E-state index contributed by atoms with van der Waals surface area (Å²) in [5, 5.41) is 0. The zero-order valence-corrected chi connectivity index (χ0v) is 7.45. The average molecular weight is 174 g/mol. The molecule has 0 spiro atoms. The number of hydrogen-bond acceptors (Lipinski definition) is 3. The third-order valence-electron chi connectivity index (χ3n) is 1.56. The molecule has 0 radical (unpaired) electrons. The van der Waals surface area contributed by atoms with Crippen LogP contribution in [-0.4, -0.2) is 15.8 Å². The number of carbonyl (C=O) groups is 1. The fraction of sp³-hybridized carbons (Fsp3) is 0.300. The summed E-state index contributed by atoms with van der Waals surface area (Å²) in [4.78, 5) is 19.3. The molecule has 1 aromatic heterocycles. The number of hydrogen-bond donors (Lipinski definition) is 0. The van der Waals surface area contributed by atoms with Gasteiger partial charge in [0.05, 0.1) is 0 Å². The van der Waals surface area contributed by atoms with E-state index in [1.165, 1.54) is 0 Å². The van der Waals surface area contributed by atoms with Crippen LogP contribution in [0.5, 0.6) is 0 Å². The van der Waals surface area contributed by atoms with E-state index in [1.807, 2.05) is 0 Å². The van der Waals surface area contributed by atoms with Gasteiger partial charge in [0.25, 0.3) is 0 Å². The van der Waals surface area contributed by atoms with Crippen LogP contribution in [0.4, 0.5) is 0 Å². The SMILES string of the molecule is C#CCCC(=O)c1ccnc(C)n1. The first-order chi connectivity index (χ1) is 6.24. The Labute approximate surface area is 77.2 Å².